The van der Waals surface area contributed by atoms with Crippen molar-refractivity contribution < 1.29 is 27.8 Å². The summed E-state index contributed by atoms with van der Waals surface area (Å²) in [7, 11) is 1.52. The zero-order valence-electron chi connectivity index (χ0n) is 14.6. The summed E-state index contributed by atoms with van der Waals surface area (Å²) >= 11 is 0. The molecular weight excluding hydrogens is 345 g/mol. The summed E-state index contributed by atoms with van der Waals surface area (Å²) in [6.07, 6.45) is -4.40. The van der Waals surface area contributed by atoms with Crippen LogP contribution in [0.2, 0.25) is 0 Å². The Morgan fingerprint density at radius 1 is 1.08 bits per heavy atom. The number of halogens is 3. The van der Waals surface area contributed by atoms with Crippen molar-refractivity contribution in [1.29, 1.82) is 0 Å². The van der Waals surface area contributed by atoms with Gasteiger partial charge in [-0.15, -0.1) is 0 Å². The van der Waals surface area contributed by atoms with Crippen molar-refractivity contribution in [3.63, 3.8) is 0 Å². The number of ether oxygens (including phenoxy) is 2. The molecule has 0 heterocycles. The third-order valence-corrected chi connectivity index (χ3v) is 3.68. The number of aliphatic hydroxyl groups is 1. The Hall–Kier alpha value is -2.65. The second kappa shape index (κ2) is 7.71. The highest BCUT2D eigenvalue weighted by Gasteiger charge is 2.30. The summed E-state index contributed by atoms with van der Waals surface area (Å²) < 4.78 is 48.5. The molecule has 3 nitrogen and oxygen atoms in total. The average Bonchev–Trinajstić information content (AvgIpc) is 2.59. The Kier molecular flexibility index (Phi) is 5.83. The van der Waals surface area contributed by atoms with Crippen molar-refractivity contribution in [2.45, 2.75) is 25.6 Å². The van der Waals surface area contributed by atoms with Crippen LogP contribution in [0.1, 0.15) is 30.5 Å². The number of rotatable bonds is 4. The van der Waals surface area contributed by atoms with E-state index >= 15 is 0 Å². The Morgan fingerprint density at radius 3 is 2.27 bits per heavy atom. The smallest absolute Gasteiger partial charge is 0.416 e. The van der Waals surface area contributed by atoms with Crippen molar-refractivity contribution in [3.05, 3.63) is 59.2 Å². The van der Waals surface area contributed by atoms with Crippen molar-refractivity contribution >= 4 is 0 Å². The maximum Gasteiger partial charge on any atom is 0.416 e. The molecule has 2 aromatic carbocycles. The molecule has 0 aliphatic carbocycles. The molecule has 6 heteroatoms. The quantitative estimate of drug-likeness (QED) is 0.819. The van der Waals surface area contributed by atoms with Crippen molar-refractivity contribution in [1.82, 2.24) is 0 Å². The highest BCUT2D eigenvalue weighted by molar-refractivity contribution is 5.48. The van der Waals surface area contributed by atoms with Gasteiger partial charge in [-0.3, -0.25) is 0 Å². The van der Waals surface area contributed by atoms with Crippen molar-refractivity contribution in [3.8, 4) is 23.3 Å². The fourth-order valence-corrected chi connectivity index (χ4v) is 2.31. The van der Waals surface area contributed by atoms with Gasteiger partial charge in [-0.05, 0) is 50.2 Å². The van der Waals surface area contributed by atoms with Gasteiger partial charge in [-0.25, -0.2) is 0 Å². The van der Waals surface area contributed by atoms with Gasteiger partial charge in [-0.1, -0.05) is 11.8 Å². The fraction of sp³-hybridized carbons (Fsp3) is 0.300. The van der Waals surface area contributed by atoms with E-state index < -0.39 is 17.3 Å². The van der Waals surface area contributed by atoms with Gasteiger partial charge < -0.3 is 14.6 Å². The van der Waals surface area contributed by atoms with Crippen LogP contribution in [-0.2, 0) is 11.8 Å². The van der Waals surface area contributed by atoms with Crippen molar-refractivity contribution in [2.75, 3.05) is 13.7 Å². The van der Waals surface area contributed by atoms with E-state index in [0.29, 0.717) is 29.2 Å². The Labute approximate surface area is 150 Å². The monoisotopic (exact) mass is 364 g/mol. The van der Waals surface area contributed by atoms with Crippen LogP contribution in [0, 0.1) is 11.8 Å². The highest BCUT2D eigenvalue weighted by Crippen LogP contribution is 2.33. The maximum absolute atomic E-state index is 12.6. The molecule has 0 aliphatic rings. The molecular formula is C20H19F3O3. The lowest BCUT2D eigenvalue weighted by atomic mass is 9.95. The minimum absolute atomic E-state index is 0.366. The molecule has 2 aromatic rings. The molecule has 0 bridgehead atoms. The summed E-state index contributed by atoms with van der Waals surface area (Å²) in [5.41, 5.74) is -1.49. The zero-order chi connectivity index (χ0) is 19.4. The lowest BCUT2D eigenvalue weighted by Crippen LogP contribution is -2.20. The van der Waals surface area contributed by atoms with E-state index in [9.17, 15) is 18.3 Å². The molecule has 0 spiro atoms. The normalized spacial score (nSPS) is 13.3. The lowest BCUT2D eigenvalue weighted by molar-refractivity contribution is -0.137. The van der Waals surface area contributed by atoms with E-state index in [-0.39, 0.29) is 0 Å². The molecule has 1 atom stereocenters. The Morgan fingerprint density at radius 2 is 1.73 bits per heavy atom. The summed E-state index contributed by atoms with van der Waals surface area (Å²) in [6.45, 7) is 3.70. The molecule has 138 valence electrons. The number of methoxy groups -OCH3 is 1. The van der Waals surface area contributed by atoms with Crippen LogP contribution in [0.3, 0.4) is 0 Å². The lowest BCUT2D eigenvalue weighted by Gasteiger charge is -2.21. The van der Waals surface area contributed by atoms with E-state index in [4.69, 9.17) is 9.47 Å². The zero-order valence-corrected chi connectivity index (χ0v) is 14.6. The van der Waals surface area contributed by atoms with Gasteiger partial charge in [-0.2, -0.15) is 13.2 Å². The Bertz CT molecular complexity index is 813. The molecule has 0 saturated heterocycles. The van der Waals surface area contributed by atoms with Gasteiger partial charge >= 0.3 is 6.18 Å². The predicted octanol–water partition coefficient (Wildman–Crippen LogP) is 4.37. The number of hydrogen-bond acceptors (Lipinski definition) is 3. The molecule has 0 amide bonds. The van der Waals surface area contributed by atoms with Crippen LogP contribution in [0.15, 0.2) is 42.5 Å². The van der Waals surface area contributed by atoms with Crippen LogP contribution < -0.4 is 9.47 Å². The van der Waals surface area contributed by atoms with Gasteiger partial charge in [0.15, 0.2) is 5.60 Å². The molecule has 1 unspecified atom stereocenters. The SMILES string of the molecule is CCOc1cc(OC)ccc1C(C)(O)C#Cc1ccc(C(F)(F)F)cc1. The molecule has 26 heavy (non-hydrogen) atoms. The van der Waals surface area contributed by atoms with E-state index in [0.717, 1.165) is 12.1 Å². The minimum atomic E-state index is -4.40. The third-order valence-electron chi connectivity index (χ3n) is 3.68. The fourth-order valence-electron chi connectivity index (χ4n) is 2.31. The average molecular weight is 364 g/mol. The Balaban J connectivity index is 2.33. The first-order valence-electron chi connectivity index (χ1n) is 7.91. The van der Waals surface area contributed by atoms with E-state index in [1.165, 1.54) is 26.2 Å². The molecule has 1 N–H and O–H groups in total. The third kappa shape index (κ3) is 4.70. The first-order chi connectivity index (χ1) is 12.2. The molecule has 0 radical (unpaired) electrons. The van der Waals surface area contributed by atoms with Gasteiger partial charge in [0.05, 0.1) is 19.3 Å². The molecule has 0 aromatic heterocycles. The molecule has 2 rings (SSSR count). The molecule has 0 saturated carbocycles. The standard InChI is InChI=1S/C20H19F3O3/c1-4-26-18-13-16(25-3)9-10-17(18)19(2,24)12-11-14-5-7-15(8-6-14)20(21,22)23/h5-10,13,24H,4H2,1-3H3. The second-order valence-electron chi connectivity index (χ2n) is 5.69. The first-order valence-corrected chi connectivity index (χ1v) is 7.91. The number of hydrogen-bond donors (Lipinski definition) is 1. The van der Waals surface area contributed by atoms with Crippen LogP contribution in [0.4, 0.5) is 13.2 Å². The van der Waals surface area contributed by atoms with Crippen molar-refractivity contribution in [2.24, 2.45) is 0 Å². The van der Waals surface area contributed by atoms with E-state index in [2.05, 4.69) is 11.8 Å². The molecule has 0 aliphatic heterocycles. The van der Waals surface area contributed by atoms with Gasteiger partial charge in [0.1, 0.15) is 11.5 Å². The van der Waals surface area contributed by atoms with Gasteiger partial charge in [0, 0.05) is 17.2 Å². The number of benzene rings is 2. The number of alkyl halides is 3. The molecule has 0 fully saturated rings. The van der Waals surface area contributed by atoms with Gasteiger partial charge in [0.2, 0.25) is 0 Å². The maximum atomic E-state index is 12.6. The predicted molar refractivity (Wildman–Crippen MR) is 92.1 cm³/mol. The van der Waals surface area contributed by atoms with Crippen LogP contribution in [0.25, 0.3) is 0 Å². The van der Waals surface area contributed by atoms with Crippen LogP contribution in [0.5, 0.6) is 11.5 Å². The van der Waals surface area contributed by atoms with Gasteiger partial charge in [0.25, 0.3) is 0 Å². The second-order valence-corrected chi connectivity index (χ2v) is 5.69. The first kappa shape index (κ1) is 19.7. The van der Waals surface area contributed by atoms with E-state index in [1.807, 2.05) is 6.92 Å². The topological polar surface area (TPSA) is 38.7 Å². The highest BCUT2D eigenvalue weighted by atomic mass is 19.4. The van der Waals surface area contributed by atoms with Crippen LogP contribution in [-0.4, -0.2) is 18.8 Å². The summed E-state index contributed by atoms with van der Waals surface area (Å²) in [5, 5.41) is 10.7. The van der Waals surface area contributed by atoms with Crippen LogP contribution >= 0.6 is 0 Å². The summed E-state index contributed by atoms with van der Waals surface area (Å²) in [5.74, 6) is 6.40. The summed E-state index contributed by atoms with van der Waals surface area (Å²) in [6, 6.07) is 9.41. The minimum Gasteiger partial charge on any atom is -0.497 e. The largest absolute Gasteiger partial charge is 0.497 e. The van der Waals surface area contributed by atoms with E-state index in [1.54, 1.807) is 18.2 Å². The summed E-state index contributed by atoms with van der Waals surface area (Å²) in [4.78, 5) is 0.